The molecule has 96 valence electrons. The summed E-state index contributed by atoms with van der Waals surface area (Å²) in [7, 11) is 0. The molecule has 0 atom stereocenters. The van der Waals surface area contributed by atoms with E-state index in [-0.39, 0.29) is 0 Å². The van der Waals surface area contributed by atoms with Crippen LogP contribution in [0.25, 0.3) is 6.08 Å². The lowest BCUT2D eigenvalue weighted by Gasteiger charge is -2.03. The predicted octanol–water partition coefficient (Wildman–Crippen LogP) is 4.64. The Hall–Kier alpha value is -1.87. The molecular formula is C16H14BrNO. The van der Waals surface area contributed by atoms with Crippen LogP contribution in [0.2, 0.25) is 0 Å². The molecule has 2 nitrogen and oxygen atoms in total. The van der Waals surface area contributed by atoms with E-state index in [1.165, 1.54) is 0 Å². The second-order valence-electron chi connectivity index (χ2n) is 3.97. The monoisotopic (exact) mass is 315 g/mol. The molecule has 0 aliphatic heterocycles. The second kappa shape index (κ2) is 6.90. The lowest BCUT2D eigenvalue weighted by Crippen LogP contribution is -1.91. The molecular weight excluding hydrogens is 302 g/mol. The zero-order chi connectivity index (χ0) is 13.5. The van der Waals surface area contributed by atoms with Crippen LogP contribution in [0.3, 0.4) is 0 Å². The van der Waals surface area contributed by atoms with Gasteiger partial charge in [-0.05, 0) is 28.8 Å². The summed E-state index contributed by atoms with van der Waals surface area (Å²) >= 11 is 3.41. The van der Waals surface area contributed by atoms with Crippen molar-refractivity contribution < 1.29 is 4.84 Å². The summed E-state index contributed by atoms with van der Waals surface area (Å²) in [6.07, 6.45) is 3.51. The standard InChI is InChI=1S/C16H14BrNO/c1-2-14-7-3-4-8-15(14)12-19-18-11-13-6-5-9-16(17)10-13/h2-11H,1,12H2. The topological polar surface area (TPSA) is 21.6 Å². The van der Waals surface area contributed by atoms with Crippen molar-refractivity contribution in [3.63, 3.8) is 0 Å². The number of oxime groups is 1. The molecule has 0 fully saturated rings. The van der Waals surface area contributed by atoms with Gasteiger partial charge in [0.15, 0.2) is 0 Å². The van der Waals surface area contributed by atoms with Gasteiger partial charge in [0.25, 0.3) is 0 Å². The van der Waals surface area contributed by atoms with Gasteiger partial charge in [-0.25, -0.2) is 0 Å². The van der Waals surface area contributed by atoms with Crippen LogP contribution in [0.5, 0.6) is 0 Å². The van der Waals surface area contributed by atoms with E-state index in [4.69, 9.17) is 4.84 Å². The van der Waals surface area contributed by atoms with Crippen molar-refractivity contribution in [3.8, 4) is 0 Å². The zero-order valence-electron chi connectivity index (χ0n) is 10.4. The summed E-state index contributed by atoms with van der Waals surface area (Å²) in [5.41, 5.74) is 3.13. The minimum absolute atomic E-state index is 0.437. The molecule has 0 aliphatic carbocycles. The van der Waals surface area contributed by atoms with Crippen molar-refractivity contribution in [1.82, 2.24) is 0 Å². The molecule has 0 saturated heterocycles. The Morgan fingerprint density at radius 1 is 1.16 bits per heavy atom. The van der Waals surface area contributed by atoms with Gasteiger partial charge >= 0.3 is 0 Å². The van der Waals surface area contributed by atoms with Crippen LogP contribution >= 0.6 is 15.9 Å². The first-order chi connectivity index (χ1) is 9.29. The molecule has 3 heteroatoms. The summed E-state index contributed by atoms with van der Waals surface area (Å²) < 4.78 is 1.02. The van der Waals surface area contributed by atoms with Crippen LogP contribution < -0.4 is 0 Å². The summed E-state index contributed by atoms with van der Waals surface area (Å²) in [5, 5.41) is 3.97. The number of hydrogen-bond donors (Lipinski definition) is 0. The fourth-order valence-corrected chi connectivity index (χ4v) is 2.07. The number of rotatable bonds is 5. The van der Waals surface area contributed by atoms with Crippen molar-refractivity contribution in [2.75, 3.05) is 0 Å². The Labute approximate surface area is 121 Å². The molecule has 0 bridgehead atoms. The van der Waals surface area contributed by atoms with Gasteiger partial charge in [0, 0.05) is 4.47 Å². The van der Waals surface area contributed by atoms with Crippen molar-refractivity contribution in [3.05, 3.63) is 76.3 Å². The van der Waals surface area contributed by atoms with E-state index in [1.807, 2.05) is 54.6 Å². The van der Waals surface area contributed by atoms with Crippen molar-refractivity contribution in [2.24, 2.45) is 5.16 Å². The average molecular weight is 316 g/mol. The molecule has 0 N–H and O–H groups in total. The van der Waals surface area contributed by atoms with E-state index >= 15 is 0 Å². The van der Waals surface area contributed by atoms with Gasteiger partial charge in [-0.2, -0.15) is 0 Å². The molecule has 2 aromatic carbocycles. The smallest absolute Gasteiger partial charge is 0.142 e. The molecule has 19 heavy (non-hydrogen) atoms. The van der Waals surface area contributed by atoms with E-state index in [0.717, 1.165) is 21.2 Å². The fraction of sp³-hybridized carbons (Fsp3) is 0.0625. The largest absolute Gasteiger partial charge is 0.391 e. The third-order valence-electron chi connectivity index (χ3n) is 2.62. The molecule has 2 aromatic rings. The lowest BCUT2D eigenvalue weighted by molar-refractivity contribution is 0.132. The maximum atomic E-state index is 5.31. The summed E-state index contributed by atoms with van der Waals surface area (Å²) in [6.45, 7) is 4.22. The van der Waals surface area contributed by atoms with Gasteiger partial charge < -0.3 is 4.84 Å². The third kappa shape index (κ3) is 4.07. The van der Waals surface area contributed by atoms with Crippen LogP contribution in [0.15, 0.2) is 64.7 Å². The molecule has 2 rings (SSSR count). The van der Waals surface area contributed by atoms with Crippen LogP contribution in [-0.4, -0.2) is 6.21 Å². The number of halogens is 1. The van der Waals surface area contributed by atoms with Crippen LogP contribution in [0.4, 0.5) is 0 Å². The maximum Gasteiger partial charge on any atom is 0.142 e. The molecule has 0 aliphatic rings. The summed E-state index contributed by atoms with van der Waals surface area (Å²) in [6, 6.07) is 15.8. The zero-order valence-corrected chi connectivity index (χ0v) is 12.0. The van der Waals surface area contributed by atoms with E-state index in [9.17, 15) is 0 Å². The molecule has 0 amide bonds. The van der Waals surface area contributed by atoms with Crippen molar-refractivity contribution >= 4 is 28.2 Å². The summed E-state index contributed by atoms with van der Waals surface area (Å²) in [4.78, 5) is 5.31. The maximum absolute atomic E-state index is 5.31. The van der Waals surface area contributed by atoms with E-state index < -0.39 is 0 Å². The van der Waals surface area contributed by atoms with E-state index in [1.54, 1.807) is 6.21 Å². The predicted molar refractivity (Wildman–Crippen MR) is 83.1 cm³/mol. The van der Waals surface area contributed by atoms with Gasteiger partial charge in [0.05, 0.1) is 6.21 Å². The molecule has 0 spiro atoms. The molecule has 0 saturated carbocycles. The molecule has 0 radical (unpaired) electrons. The highest BCUT2D eigenvalue weighted by atomic mass is 79.9. The quantitative estimate of drug-likeness (QED) is 0.581. The van der Waals surface area contributed by atoms with Crippen LogP contribution in [-0.2, 0) is 11.4 Å². The minimum Gasteiger partial charge on any atom is -0.391 e. The Kier molecular flexibility index (Phi) is 4.93. The Balaban J connectivity index is 1.95. The van der Waals surface area contributed by atoms with Crippen molar-refractivity contribution in [1.29, 1.82) is 0 Å². The summed E-state index contributed by atoms with van der Waals surface area (Å²) in [5.74, 6) is 0. The van der Waals surface area contributed by atoms with Crippen molar-refractivity contribution in [2.45, 2.75) is 6.61 Å². The highest BCUT2D eigenvalue weighted by Crippen LogP contribution is 2.12. The average Bonchev–Trinajstić information content (AvgIpc) is 2.44. The van der Waals surface area contributed by atoms with Gasteiger partial charge in [-0.1, -0.05) is 70.1 Å². The highest BCUT2D eigenvalue weighted by Gasteiger charge is 1.97. The fourth-order valence-electron chi connectivity index (χ4n) is 1.66. The Morgan fingerprint density at radius 2 is 2.00 bits per heavy atom. The molecule has 0 unspecified atom stereocenters. The second-order valence-corrected chi connectivity index (χ2v) is 4.88. The van der Waals surface area contributed by atoms with E-state index in [2.05, 4.69) is 27.7 Å². The number of benzene rings is 2. The first kappa shape index (κ1) is 13.6. The highest BCUT2D eigenvalue weighted by molar-refractivity contribution is 9.10. The van der Waals surface area contributed by atoms with Gasteiger partial charge in [-0.15, -0.1) is 0 Å². The normalized spacial score (nSPS) is 10.6. The molecule has 0 aromatic heterocycles. The SMILES string of the molecule is C=Cc1ccccc1CON=Cc1cccc(Br)c1. The van der Waals surface area contributed by atoms with Gasteiger partial charge in [0.2, 0.25) is 0 Å². The molecule has 0 heterocycles. The van der Waals surface area contributed by atoms with E-state index in [0.29, 0.717) is 6.61 Å². The van der Waals surface area contributed by atoms with Crippen LogP contribution in [0, 0.1) is 0 Å². The Morgan fingerprint density at radius 3 is 2.79 bits per heavy atom. The Bertz CT molecular complexity index is 593. The van der Waals surface area contributed by atoms with Gasteiger partial charge in [-0.3, -0.25) is 0 Å². The first-order valence-corrected chi connectivity index (χ1v) is 6.70. The minimum atomic E-state index is 0.437. The van der Waals surface area contributed by atoms with Crippen LogP contribution in [0.1, 0.15) is 16.7 Å². The lowest BCUT2D eigenvalue weighted by atomic mass is 10.1. The first-order valence-electron chi connectivity index (χ1n) is 5.91. The number of nitrogens with zero attached hydrogens (tertiary/aromatic N) is 1. The van der Waals surface area contributed by atoms with Gasteiger partial charge in [0.1, 0.15) is 6.61 Å². The third-order valence-corrected chi connectivity index (χ3v) is 3.11. The number of hydrogen-bond acceptors (Lipinski definition) is 2.